The lowest BCUT2D eigenvalue weighted by atomic mass is 10.2. The Morgan fingerprint density at radius 3 is 2.55 bits per heavy atom. The number of anilines is 2. The average molecular weight is 448 g/mol. The largest absolute Gasteiger partial charge is 0.496 e. The average Bonchev–Trinajstić information content (AvgIpc) is 2.74. The number of amides is 2. The molecule has 0 fully saturated rings. The normalized spacial score (nSPS) is 10.3. The van der Waals surface area contributed by atoms with Gasteiger partial charge < -0.3 is 25.4 Å². The lowest BCUT2D eigenvalue weighted by Crippen LogP contribution is -2.40. The quantitative estimate of drug-likeness (QED) is 0.450. The molecule has 0 aliphatic heterocycles. The van der Waals surface area contributed by atoms with Crippen LogP contribution in [0.25, 0.3) is 0 Å². The van der Waals surface area contributed by atoms with Crippen molar-refractivity contribution < 1.29 is 23.9 Å². The lowest BCUT2D eigenvalue weighted by molar-refractivity contribution is -0.137. The van der Waals surface area contributed by atoms with Crippen LogP contribution in [0.4, 0.5) is 11.4 Å². The van der Waals surface area contributed by atoms with Gasteiger partial charge in [-0.2, -0.15) is 0 Å². The molecule has 2 rings (SSSR count). The molecule has 0 saturated carbocycles. The van der Waals surface area contributed by atoms with Crippen LogP contribution < -0.4 is 15.8 Å². The number of halogens is 1. The lowest BCUT2D eigenvalue weighted by Gasteiger charge is -2.22. The zero-order chi connectivity index (χ0) is 23.0. The second-order valence-corrected chi connectivity index (χ2v) is 7.24. The van der Waals surface area contributed by atoms with E-state index in [1.54, 1.807) is 6.07 Å². The first kappa shape index (κ1) is 24.0. The number of ether oxygens (including phenoxy) is 2. The van der Waals surface area contributed by atoms with Gasteiger partial charge in [0, 0.05) is 18.3 Å². The predicted molar refractivity (Wildman–Crippen MR) is 119 cm³/mol. The number of aryl methyl sites for hydroxylation is 1. The van der Waals surface area contributed by atoms with Gasteiger partial charge in [0.15, 0.2) is 6.61 Å². The van der Waals surface area contributed by atoms with Gasteiger partial charge in [-0.25, -0.2) is 4.79 Å². The summed E-state index contributed by atoms with van der Waals surface area (Å²) in [6.45, 7) is 3.42. The number of para-hydroxylation sites is 1. The van der Waals surface area contributed by atoms with Gasteiger partial charge in [0.1, 0.15) is 11.3 Å². The van der Waals surface area contributed by atoms with Crippen molar-refractivity contribution in [3.05, 3.63) is 52.5 Å². The summed E-state index contributed by atoms with van der Waals surface area (Å²) in [5.74, 6) is -1.43. The van der Waals surface area contributed by atoms with E-state index in [0.717, 1.165) is 5.56 Å². The first-order chi connectivity index (χ1) is 14.8. The summed E-state index contributed by atoms with van der Waals surface area (Å²) in [5.41, 5.74) is 7.60. The van der Waals surface area contributed by atoms with Crippen molar-refractivity contribution in [3.8, 4) is 5.75 Å². The van der Waals surface area contributed by atoms with Crippen molar-refractivity contribution in [1.29, 1.82) is 0 Å². The van der Waals surface area contributed by atoms with Crippen LogP contribution in [0.5, 0.6) is 5.75 Å². The Kier molecular flexibility index (Phi) is 8.69. The van der Waals surface area contributed by atoms with Crippen molar-refractivity contribution >= 4 is 40.8 Å². The van der Waals surface area contributed by atoms with E-state index in [1.807, 2.05) is 32.0 Å². The molecule has 0 saturated heterocycles. The van der Waals surface area contributed by atoms with Gasteiger partial charge in [-0.15, -0.1) is 0 Å². The van der Waals surface area contributed by atoms with Gasteiger partial charge in [0.25, 0.3) is 5.91 Å². The SMILES string of the molecule is CCCN(CC(=O)Nc1ccccc1C)C(=O)COC(=O)c1cc(Cl)c(N)cc1OC. The number of rotatable bonds is 9. The van der Waals surface area contributed by atoms with Crippen LogP contribution in [0.3, 0.4) is 0 Å². The minimum absolute atomic E-state index is 0.0498. The van der Waals surface area contributed by atoms with Gasteiger partial charge in [-0.05, 0) is 31.0 Å². The molecule has 166 valence electrons. The number of hydrogen-bond donors (Lipinski definition) is 2. The Balaban J connectivity index is 2.01. The van der Waals surface area contributed by atoms with E-state index in [-0.39, 0.29) is 34.5 Å². The molecule has 2 aromatic rings. The summed E-state index contributed by atoms with van der Waals surface area (Å²) in [7, 11) is 1.38. The molecule has 0 aromatic heterocycles. The van der Waals surface area contributed by atoms with Gasteiger partial charge >= 0.3 is 5.97 Å². The fraction of sp³-hybridized carbons (Fsp3) is 0.318. The third-order valence-corrected chi connectivity index (χ3v) is 4.79. The van der Waals surface area contributed by atoms with Crippen molar-refractivity contribution in [2.45, 2.75) is 20.3 Å². The molecule has 0 aliphatic rings. The third-order valence-electron chi connectivity index (χ3n) is 4.47. The molecule has 0 atom stereocenters. The minimum Gasteiger partial charge on any atom is -0.496 e. The Labute approximate surface area is 186 Å². The van der Waals surface area contributed by atoms with Crippen LogP contribution in [-0.4, -0.2) is 49.5 Å². The number of esters is 1. The van der Waals surface area contributed by atoms with Crippen LogP contribution >= 0.6 is 11.6 Å². The molecule has 2 amide bonds. The smallest absolute Gasteiger partial charge is 0.342 e. The number of nitrogen functional groups attached to an aromatic ring is 1. The van der Waals surface area contributed by atoms with E-state index in [1.165, 1.54) is 24.1 Å². The maximum Gasteiger partial charge on any atom is 0.342 e. The van der Waals surface area contributed by atoms with E-state index in [0.29, 0.717) is 18.7 Å². The molecule has 2 aromatic carbocycles. The molecule has 0 bridgehead atoms. The topological polar surface area (TPSA) is 111 Å². The number of carbonyl (C=O) groups excluding carboxylic acids is 3. The first-order valence-corrected chi connectivity index (χ1v) is 10.1. The molecule has 31 heavy (non-hydrogen) atoms. The summed E-state index contributed by atoms with van der Waals surface area (Å²) in [5, 5.41) is 2.95. The van der Waals surface area contributed by atoms with Crippen LogP contribution in [0, 0.1) is 6.92 Å². The maximum atomic E-state index is 12.6. The highest BCUT2D eigenvalue weighted by Crippen LogP contribution is 2.29. The summed E-state index contributed by atoms with van der Waals surface area (Å²) in [6.07, 6.45) is 0.638. The number of hydrogen-bond acceptors (Lipinski definition) is 6. The molecular weight excluding hydrogens is 422 g/mol. The maximum absolute atomic E-state index is 12.6. The first-order valence-electron chi connectivity index (χ1n) is 9.70. The van der Waals surface area contributed by atoms with E-state index in [2.05, 4.69) is 5.32 Å². The molecular formula is C22H26ClN3O5. The summed E-state index contributed by atoms with van der Waals surface area (Å²) in [4.78, 5) is 38.8. The Bertz CT molecular complexity index is 964. The predicted octanol–water partition coefficient (Wildman–Crippen LogP) is 3.27. The van der Waals surface area contributed by atoms with E-state index in [4.69, 9.17) is 26.8 Å². The molecule has 9 heteroatoms. The van der Waals surface area contributed by atoms with E-state index < -0.39 is 18.5 Å². The molecule has 0 aliphatic carbocycles. The zero-order valence-corrected chi connectivity index (χ0v) is 18.5. The summed E-state index contributed by atoms with van der Waals surface area (Å²) in [6, 6.07) is 10.1. The van der Waals surface area contributed by atoms with Crippen molar-refractivity contribution in [3.63, 3.8) is 0 Å². The molecule has 0 unspecified atom stereocenters. The standard InChI is InChI=1S/C22H26ClN3O5/c1-4-9-26(12-20(27)25-18-8-6-5-7-14(18)2)21(28)13-31-22(29)15-10-16(23)17(24)11-19(15)30-3/h5-8,10-11H,4,9,12-13,24H2,1-3H3,(H,25,27). The third kappa shape index (κ3) is 6.62. The summed E-state index contributed by atoms with van der Waals surface area (Å²) >= 11 is 5.97. The number of carbonyl (C=O) groups is 3. The van der Waals surface area contributed by atoms with Crippen molar-refractivity contribution in [1.82, 2.24) is 4.90 Å². The van der Waals surface area contributed by atoms with Gasteiger partial charge in [0.05, 0.1) is 24.4 Å². The highest BCUT2D eigenvalue weighted by Gasteiger charge is 2.21. The second kappa shape index (κ2) is 11.2. The highest BCUT2D eigenvalue weighted by atomic mass is 35.5. The number of nitrogens with one attached hydrogen (secondary N) is 1. The molecule has 8 nitrogen and oxygen atoms in total. The van der Waals surface area contributed by atoms with E-state index in [9.17, 15) is 14.4 Å². The molecule has 0 spiro atoms. The Morgan fingerprint density at radius 2 is 1.90 bits per heavy atom. The van der Waals surface area contributed by atoms with Crippen LogP contribution in [0.15, 0.2) is 36.4 Å². The fourth-order valence-corrected chi connectivity index (χ4v) is 3.00. The second-order valence-electron chi connectivity index (χ2n) is 6.83. The number of nitrogens with two attached hydrogens (primary N) is 1. The summed E-state index contributed by atoms with van der Waals surface area (Å²) < 4.78 is 10.3. The fourth-order valence-electron chi connectivity index (χ4n) is 2.83. The Morgan fingerprint density at radius 1 is 1.19 bits per heavy atom. The molecule has 0 radical (unpaired) electrons. The molecule has 3 N–H and O–H groups in total. The minimum atomic E-state index is -0.784. The van der Waals surface area contributed by atoms with E-state index >= 15 is 0 Å². The van der Waals surface area contributed by atoms with Gasteiger partial charge in [-0.3, -0.25) is 9.59 Å². The number of nitrogens with zero attached hydrogens (tertiary/aromatic N) is 1. The van der Waals surface area contributed by atoms with Crippen molar-refractivity contribution in [2.24, 2.45) is 0 Å². The highest BCUT2D eigenvalue weighted by molar-refractivity contribution is 6.33. The van der Waals surface area contributed by atoms with Crippen molar-refractivity contribution in [2.75, 3.05) is 37.9 Å². The van der Waals surface area contributed by atoms with Crippen LogP contribution in [-0.2, 0) is 14.3 Å². The zero-order valence-electron chi connectivity index (χ0n) is 17.7. The number of methoxy groups -OCH3 is 1. The van der Waals surface area contributed by atoms with Crippen LogP contribution in [0.2, 0.25) is 5.02 Å². The van der Waals surface area contributed by atoms with Gasteiger partial charge in [-0.1, -0.05) is 36.7 Å². The molecule has 0 heterocycles. The monoisotopic (exact) mass is 447 g/mol. The Hall–Kier alpha value is -3.26. The number of benzene rings is 2. The van der Waals surface area contributed by atoms with Crippen LogP contribution in [0.1, 0.15) is 29.3 Å². The van der Waals surface area contributed by atoms with Gasteiger partial charge in [0.2, 0.25) is 5.91 Å².